The van der Waals surface area contributed by atoms with Gasteiger partial charge in [-0.2, -0.15) is 4.98 Å². The minimum absolute atomic E-state index is 0.00971. The van der Waals surface area contributed by atoms with E-state index in [0.717, 1.165) is 13.1 Å². The minimum Gasteiger partial charge on any atom is -0.378 e. The molecular weight excluding hydrogens is 232 g/mol. The Hall–Kier alpha value is -1.14. The Labute approximate surface area is 107 Å². The van der Waals surface area contributed by atoms with Gasteiger partial charge in [0.15, 0.2) is 0 Å². The van der Waals surface area contributed by atoms with E-state index in [4.69, 9.17) is 15.0 Å². The van der Waals surface area contributed by atoms with Crippen molar-refractivity contribution < 1.29 is 9.26 Å². The number of ether oxygens (including phenoxy) is 1. The molecule has 2 rings (SSSR count). The second-order valence-corrected chi connectivity index (χ2v) is 5.76. The van der Waals surface area contributed by atoms with Gasteiger partial charge in [-0.05, 0) is 10.6 Å². The largest absolute Gasteiger partial charge is 0.378 e. The van der Waals surface area contributed by atoms with Gasteiger partial charge in [-0.1, -0.05) is 20.8 Å². The predicted octanol–water partition coefficient (Wildman–Crippen LogP) is 0.822. The summed E-state index contributed by atoms with van der Waals surface area (Å²) in [6.07, 6.45) is 0.612. The lowest BCUT2D eigenvalue weighted by molar-refractivity contribution is 0.121. The van der Waals surface area contributed by atoms with E-state index in [1.54, 1.807) is 0 Å². The van der Waals surface area contributed by atoms with E-state index in [1.807, 2.05) is 0 Å². The van der Waals surface area contributed by atoms with Gasteiger partial charge in [-0.15, -0.1) is 0 Å². The van der Waals surface area contributed by atoms with E-state index in [2.05, 4.69) is 35.8 Å². The molecule has 102 valence electrons. The summed E-state index contributed by atoms with van der Waals surface area (Å²) in [5.74, 6) is 1.26. The zero-order valence-corrected chi connectivity index (χ0v) is 11.3. The lowest BCUT2D eigenvalue weighted by Crippen LogP contribution is -2.37. The van der Waals surface area contributed by atoms with Crippen LogP contribution in [-0.4, -0.2) is 42.5 Å². The highest BCUT2D eigenvalue weighted by Gasteiger charge is 2.24. The van der Waals surface area contributed by atoms with E-state index in [9.17, 15) is 0 Å². The standard InChI is InChI=1S/C12H22N4O2/c1-12(2,3)9(13)8-10-14-11(15-18-10)16-4-6-17-7-5-16/h9H,4-8,13H2,1-3H3. The second-order valence-electron chi connectivity index (χ2n) is 5.76. The molecule has 6 nitrogen and oxygen atoms in total. The Morgan fingerprint density at radius 1 is 1.33 bits per heavy atom. The van der Waals surface area contributed by atoms with Gasteiger partial charge in [0.05, 0.1) is 13.2 Å². The molecule has 0 saturated carbocycles. The highest BCUT2D eigenvalue weighted by Crippen LogP contribution is 2.21. The van der Waals surface area contributed by atoms with Crippen LogP contribution in [0.3, 0.4) is 0 Å². The minimum atomic E-state index is 0.00971. The molecule has 6 heteroatoms. The molecule has 0 bridgehead atoms. The van der Waals surface area contributed by atoms with Crippen molar-refractivity contribution in [1.82, 2.24) is 10.1 Å². The molecule has 0 spiro atoms. The average molecular weight is 254 g/mol. The summed E-state index contributed by atoms with van der Waals surface area (Å²) in [5.41, 5.74) is 6.14. The fraction of sp³-hybridized carbons (Fsp3) is 0.833. The van der Waals surface area contributed by atoms with Crippen LogP contribution in [0.5, 0.6) is 0 Å². The van der Waals surface area contributed by atoms with E-state index >= 15 is 0 Å². The Balaban J connectivity index is 1.97. The van der Waals surface area contributed by atoms with Crippen LogP contribution in [-0.2, 0) is 11.2 Å². The first kappa shape index (κ1) is 13.3. The summed E-state index contributed by atoms with van der Waals surface area (Å²) >= 11 is 0. The Morgan fingerprint density at radius 2 is 2.00 bits per heavy atom. The van der Waals surface area contributed by atoms with E-state index in [1.165, 1.54) is 0 Å². The first-order valence-electron chi connectivity index (χ1n) is 6.37. The lowest BCUT2D eigenvalue weighted by atomic mass is 9.85. The third kappa shape index (κ3) is 3.20. The maximum absolute atomic E-state index is 6.11. The molecule has 0 radical (unpaired) electrons. The molecule has 2 heterocycles. The van der Waals surface area contributed by atoms with Crippen molar-refractivity contribution in [3.63, 3.8) is 0 Å². The number of hydrogen-bond donors (Lipinski definition) is 1. The fourth-order valence-corrected chi connectivity index (χ4v) is 1.71. The van der Waals surface area contributed by atoms with Crippen molar-refractivity contribution in [2.45, 2.75) is 33.2 Å². The predicted molar refractivity (Wildman–Crippen MR) is 68.5 cm³/mol. The SMILES string of the molecule is CC(C)(C)C(N)Cc1nc(N2CCOCC2)no1. The van der Waals surface area contributed by atoms with E-state index < -0.39 is 0 Å². The molecular formula is C12H22N4O2. The number of nitrogens with two attached hydrogens (primary N) is 1. The van der Waals surface area contributed by atoms with Gasteiger partial charge in [0.1, 0.15) is 0 Å². The highest BCUT2D eigenvalue weighted by molar-refractivity contribution is 5.28. The summed E-state index contributed by atoms with van der Waals surface area (Å²) in [6.45, 7) is 9.37. The maximum Gasteiger partial charge on any atom is 0.266 e. The molecule has 1 aromatic rings. The van der Waals surface area contributed by atoms with Gasteiger partial charge in [0.25, 0.3) is 5.95 Å². The van der Waals surface area contributed by atoms with Crippen molar-refractivity contribution in [3.05, 3.63) is 5.89 Å². The zero-order chi connectivity index (χ0) is 13.2. The number of hydrogen-bond acceptors (Lipinski definition) is 6. The topological polar surface area (TPSA) is 77.4 Å². The molecule has 0 amide bonds. The smallest absolute Gasteiger partial charge is 0.266 e. The first-order valence-corrected chi connectivity index (χ1v) is 6.37. The normalized spacial score (nSPS) is 19.0. The summed E-state index contributed by atoms with van der Waals surface area (Å²) < 4.78 is 10.5. The van der Waals surface area contributed by atoms with Crippen LogP contribution in [0, 0.1) is 5.41 Å². The summed E-state index contributed by atoms with van der Waals surface area (Å²) in [7, 11) is 0. The summed E-state index contributed by atoms with van der Waals surface area (Å²) in [4.78, 5) is 6.47. The number of nitrogens with zero attached hydrogens (tertiary/aromatic N) is 3. The van der Waals surface area contributed by atoms with Gasteiger partial charge in [0.2, 0.25) is 5.89 Å². The summed E-state index contributed by atoms with van der Waals surface area (Å²) in [6, 6.07) is 0.00971. The molecule has 1 aliphatic heterocycles. The van der Waals surface area contributed by atoms with Crippen molar-refractivity contribution >= 4 is 5.95 Å². The molecule has 0 aliphatic carbocycles. The quantitative estimate of drug-likeness (QED) is 0.860. The Morgan fingerprint density at radius 3 is 2.61 bits per heavy atom. The summed E-state index contributed by atoms with van der Waals surface area (Å²) in [5, 5.41) is 4.00. The van der Waals surface area contributed by atoms with Crippen LogP contribution < -0.4 is 10.6 Å². The number of rotatable bonds is 3. The van der Waals surface area contributed by atoms with Crippen LogP contribution in [0.25, 0.3) is 0 Å². The van der Waals surface area contributed by atoms with Crippen LogP contribution >= 0.6 is 0 Å². The van der Waals surface area contributed by atoms with E-state index in [0.29, 0.717) is 31.5 Å². The van der Waals surface area contributed by atoms with Crippen LogP contribution in [0.15, 0.2) is 4.52 Å². The van der Waals surface area contributed by atoms with E-state index in [-0.39, 0.29) is 11.5 Å². The molecule has 1 aromatic heterocycles. The zero-order valence-electron chi connectivity index (χ0n) is 11.3. The molecule has 2 N–H and O–H groups in total. The molecule has 1 aliphatic rings. The van der Waals surface area contributed by atoms with Gasteiger partial charge in [-0.25, -0.2) is 0 Å². The second kappa shape index (κ2) is 5.24. The molecule has 1 fully saturated rings. The Kier molecular flexibility index (Phi) is 3.87. The monoisotopic (exact) mass is 254 g/mol. The lowest BCUT2D eigenvalue weighted by Gasteiger charge is -2.25. The Bertz CT molecular complexity index is 380. The van der Waals surface area contributed by atoms with Gasteiger partial charge >= 0.3 is 0 Å². The maximum atomic E-state index is 6.11. The van der Waals surface area contributed by atoms with Gasteiger partial charge in [0, 0.05) is 25.6 Å². The molecule has 1 saturated heterocycles. The third-order valence-corrected chi connectivity index (χ3v) is 3.26. The van der Waals surface area contributed by atoms with Crippen molar-refractivity contribution in [2.75, 3.05) is 31.2 Å². The molecule has 1 unspecified atom stereocenters. The first-order chi connectivity index (χ1) is 8.47. The van der Waals surface area contributed by atoms with Crippen molar-refractivity contribution in [2.24, 2.45) is 11.1 Å². The van der Waals surface area contributed by atoms with Crippen molar-refractivity contribution in [3.8, 4) is 0 Å². The van der Waals surface area contributed by atoms with Crippen LogP contribution in [0.4, 0.5) is 5.95 Å². The average Bonchev–Trinajstić information content (AvgIpc) is 2.77. The van der Waals surface area contributed by atoms with Crippen LogP contribution in [0.1, 0.15) is 26.7 Å². The number of morpholine rings is 1. The molecule has 18 heavy (non-hydrogen) atoms. The number of aromatic nitrogens is 2. The number of anilines is 1. The van der Waals surface area contributed by atoms with Crippen LogP contribution in [0.2, 0.25) is 0 Å². The highest BCUT2D eigenvalue weighted by atomic mass is 16.5. The molecule has 1 atom stereocenters. The van der Waals surface area contributed by atoms with Crippen molar-refractivity contribution in [1.29, 1.82) is 0 Å². The van der Waals surface area contributed by atoms with Gasteiger partial charge in [-0.3, -0.25) is 0 Å². The fourth-order valence-electron chi connectivity index (χ4n) is 1.71. The molecule has 0 aromatic carbocycles. The van der Waals surface area contributed by atoms with Gasteiger partial charge < -0.3 is 19.9 Å². The third-order valence-electron chi connectivity index (χ3n) is 3.26.